The van der Waals surface area contributed by atoms with E-state index in [0.29, 0.717) is 126 Å². The summed E-state index contributed by atoms with van der Waals surface area (Å²) in [6, 6.07) is 0. The maximum absolute atomic E-state index is 10.9. The Morgan fingerprint density at radius 3 is 0.838 bits per heavy atom. The molecule has 0 rings (SSSR count). The average Bonchev–Trinajstić information content (AvgIpc) is 2.91. The van der Waals surface area contributed by atoms with Gasteiger partial charge in [0.05, 0.1) is 146 Å². The summed E-state index contributed by atoms with van der Waals surface area (Å²) in [6.45, 7) is 10.4. The van der Waals surface area contributed by atoms with Crippen molar-refractivity contribution in [2.24, 2.45) is 0 Å². The van der Waals surface area contributed by atoms with Crippen molar-refractivity contribution >= 4 is 28.6 Å². The molecule has 0 aliphatic carbocycles. The van der Waals surface area contributed by atoms with E-state index in [-0.39, 0.29) is 12.4 Å². The van der Waals surface area contributed by atoms with Crippen molar-refractivity contribution in [3.8, 4) is 0 Å². The van der Waals surface area contributed by atoms with Gasteiger partial charge in [-0.25, -0.2) is 0 Å². The van der Waals surface area contributed by atoms with Gasteiger partial charge in [0, 0.05) is 4.43 Å². The van der Waals surface area contributed by atoms with Crippen LogP contribution >= 0.6 is 22.6 Å². The second-order valence-electron chi connectivity index (χ2n) is 7.14. The Bertz CT molecular complexity index is 448. The van der Waals surface area contributed by atoms with Crippen LogP contribution < -0.4 is 0 Å². The molecule has 0 saturated carbocycles. The van der Waals surface area contributed by atoms with Gasteiger partial charge in [-0.3, -0.25) is 4.79 Å². The topological polar surface area (TPSA) is 119 Å². The fourth-order valence-electron chi connectivity index (χ4n) is 2.39. The summed E-state index contributed by atoms with van der Waals surface area (Å²) in [5.74, 6) is -0.283. The molecule has 0 aliphatic heterocycles. The number of alkyl halides is 1. The molecule has 0 bridgehead atoms. The number of hydrogen-bond donors (Lipinski definition) is 0. The van der Waals surface area contributed by atoms with Crippen LogP contribution in [-0.2, 0) is 56.9 Å². The third kappa shape index (κ3) is 33.8. The Morgan fingerprint density at radius 2 is 0.622 bits per heavy atom. The number of methoxy groups -OCH3 is 1. The first-order valence-electron chi connectivity index (χ1n) is 12.7. The zero-order valence-corrected chi connectivity index (χ0v) is 24.5. The average molecular weight is 655 g/mol. The minimum atomic E-state index is -0.283. The van der Waals surface area contributed by atoms with Gasteiger partial charge in [0.25, 0.3) is 0 Å². The summed E-state index contributed by atoms with van der Waals surface area (Å²) >= 11 is 2.27. The van der Waals surface area contributed by atoms with E-state index in [0.717, 1.165) is 11.0 Å². The molecule has 0 aromatic rings. The van der Waals surface area contributed by atoms with E-state index in [4.69, 9.17) is 47.4 Å². The molecular formula is C24H47IO12. The fourth-order valence-corrected chi connectivity index (χ4v) is 2.70. The van der Waals surface area contributed by atoms with E-state index in [1.165, 1.54) is 7.11 Å². The van der Waals surface area contributed by atoms with Crippen molar-refractivity contribution in [3.05, 3.63) is 0 Å². The molecule has 0 fully saturated rings. The molecule has 0 N–H and O–H groups in total. The predicted octanol–water partition coefficient (Wildman–Crippen LogP) is 1.15. The Hall–Kier alpha value is -0.200. The van der Waals surface area contributed by atoms with Gasteiger partial charge in [-0.15, -0.1) is 0 Å². The number of ether oxygens (including phenoxy) is 11. The molecule has 0 aromatic carbocycles. The number of hydrogen-bond acceptors (Lipinski definition) is 12. The van der Waals surface area contributed by atoms with E-state index in [1.54, 1.807) is 0 Å². The van der Waals surface area contributed by atoms with Gasteiger partial charge in [-0.1, -0.05) is 22.6 Å². The van der Waals surface area contributed by atoms with Gasteiger partial charge in [0.15, 0.2) is 0 Å². The molecule has 0 radical (unpaired) electrons. The summed E-state index contributed by atoms with van der Waals surface area (Å²) in [4.78, 5) is 10.9. The molecule has 0 heterocycles. The third-order valence-corrected chi connectivity index (χ3v) is 4.69. The lowest BCUT2D eigenvalue weighted by Gasteiger charge is -2.09. The van der Waals surface area contributed by atoms with Crippen molar-refractivity contribution in [2.45, 2.75) is 6.42 Å². The molecule has 0 unspecified atom stereocenters. The number of rotatable bonds is 32. The normalized spacial score (nSPS) is 11.3. The molecule has 222 valence electrons. The first-order chi connectivity index (χ1) is 18.3. The van der Waals surface area contributed by atoms with Gasteiger partial charge in [0.1, 0.15) is 0 Å². The molecular weight excluding hydrogens is 607 g/mol. The monoisotopic (exact) mass is 654 g/mol. The molecule has 0 aromatic heterocycles. The number of carbonyl (C=O) groups excluding carboxylic acids is 1. The minimum Gasteiger partial charge on any atom is -0.469 e. The van der Waals surface area contributed by atoms with Crippen LogP contribution in [0.15, 0.2) is 0 Å². The number of halogens is 1. The SMILES string of the molecule is COC(=O)CCOCCOCCOCCOCCOCCOCCOCCOCCOCCOCCI. The lowest BCUT2D eigenvalue weighted by atomic mass is 10.5. The quantitative estimate of drug-likeness (QED) is 0.0448. The fraction of sp³-hybridized carbons (Fsp3) is 0.958. The highest BCUT2D eigenvalue weighted by Gasteiger charge is 1.99. The Balaban J connectivity index is 3.03. The molecule has 0 amide bonds. The zero-order chi connectivity index (χ0) is 26.9. The maximum atomic E-state index is 10.9. The molecule has 0 saturated heterocycles. The largest absolute Gasteiger partial charge is 0.469 e. The van der Waals surface area contributed by atoms with E-state index >= 15 is 0 Å². The summed E-state index contributed by atoms with van der Waals surface area (Å²) in [6.07, 6.45) is 0.249. The zero-order valence-electron chi connectivity index (χ0n) is 22.3. The van der Waals surface area contributed by atoms with Crippen molar-refractivity contribution in [1.29, 1.82) is 0 Å². The van der Waals surface area contributed by atoms with E-state index in [1.807, 2.05) is 0 Å². The Kier molecular flexibility index (Phi) is 33.6. The van der Waals surface area contributed by atoms with Crippen LogP contribution in [0.2, 0.25) is 0 Å². The Labute approximate surface area is 235 Å². The highest BCUT2D eigenvalue weighted by molar-refractivity contribution is 14.1. The predicted molar refractivity (Wildman–Crippen MR) is 144 cm³/mol. The second-order valence-corrected chi connectivity index (χ2v) is 8.22. The molecule has 0 atom stereocenters. The maximum Gasteiger partial charge on any atom is 0.307 e. The first-order valence-corrected chi connectivity index (χ1v) is 14.2. The lowest BCUT2D eigenvalue weighted by molar-refractivity contribution is -0.141. The van der Waals surface area contributed by atoms with Crippen molar-refractivity contribution < 1.29 is 56.9 Å². The summed E-state index contributed by atoms with van der Waals surface area (Å²) in [7, 11) is 1.35. The Morgan fingerprint density at radius 1 is 0.405 bits per heavy atom. The second kappa shape index (κ2) is 33.8. The molecule has 0 aliphatic rings. The van der Waals surface area contributed by atoms with E-state index < -0.39 is 0 Å². The van der Waals surface area contributed by atoms with Crippen molar-refractivity contribution in [1.82, 2.24) is 0 Å². The van der Waals surface area contributed by atoms with Crippen LogP contribution in [-0.4, -0.2) is 150 Å². The van der Waals surface area contributed by atoms with Gasteiger partial charge < -0.3 is 52.1 Å². The standard InChI is InChI=1S/C24H47IO12/c1-27-24(26)2-4-28-6-8-30-10-12-32-14-16-34-18-20-36-22-23-37-21-19-35-17-15-33-13-11-31-9-7-29-5-3-25/h2-23H2,1H3. The van der Waals surface area contributed by atoms with Crippen LogP contribution in [0.3, 0.4) is 0 Å². The lowest BCUT2D eigenvalue weighted by Crippen LogP contribution is -2.15. The van der Waals surface area contributed by atoms with Gasteiger partial charge >= 0.3 is 5.97 Å². The van der Waals surface area contributed by atoms with Crippen LogP contribution in [0.1, 0.15) is 6.42 Å². The summed E-state index contributed by atoms with van der Waals surface area (Å²) in [5, 5.41) is 0. The van der Waals surface area contributed by atoms with Crippen molar-refractivity contribution in [2.75, 3.05) is 144 Å². The first kappa shape index (κ1) is 36.8. The highest BCUT2D eigenvalue weighted by Crippen LogP contribution is 1.88. The van der Waals surface area contributed by atoms with Gasteiger partial charge in [-0.05, 0) is 0 Å². The third-order valence-electron chi connectivity index (χ3n) is 4.25. The van der Waals surface area contributed by atoms with Crippen LogP contribution in [0, 0.1) is 0 Å². The van der Waals surface area contributed by atoms with E-state index in [2.05, 4.69) is 27.3 Å². The molecule has 37 heavy (non-hydrogen) atoms. The van der Waals surface area contributed by atoms with Crippen molar-refractivity contribution in [3.63, 3.8) is 0 Å². The van der Waals surface area contributed by atoms with Gasteiger partial charge in [-0.2, -0.15) is 0 Å². The molecule has 13 heteroatoms. The smallest absolute Gasteiger partial charge is 0.307 e. The van der Waals surface area contributed by atoms with Gasteiger partial charge in [0.2, 0.25) is 0 Å². The molecule has 12 nitrogen and oxygen atoms in total. The van der Waals surface area contributed by atoms with Crippen LogP contribution in [0.4, 0.5) is 0 Å². The molecule has 0 spiro atoms. The highest BCUT2D eigenvalue weighted by atomic mass is 127. The summed E-state index contributed by atoms with van der Waals surface area (Å²) < 4.78 is 59.4. The minimum absolute atomic E-state index is 0.249. The van der Waals surface area contributed by atoms with Crippen LogP contribution in [0.25, 0.3) is 0 Å². The van der Waals surface area contributed by atoms with Crippen LogP contribution in [0.5, 0.6) is 0 Å². The number of esters is 1. The number of carbonyl (C=O) groups is 1. The van der Waals surface area contributed by atoms with E-state index in [9.17, 15) is 4.79 Å². The summed E-state index contributed by atoms with van der Waals surface area (Å²) in [5.41, 5.74) is 0.